The van der Waals surface area contributed by atoms with Gasteiger partial charge in [-0.2, -0.15) is 10.5 Å². The number of nitrogens with zero attached hydrogens (tertiary/aromatic N) is 6. The molecule has 9 nitrogen and oxygen atoms in total. The molecular formula is C17H20N8O. The quantitative estimate of drug-likeness (QED) is 0.632. The van der Waals surface area contributed by atoms with Crippen molar-refractivity contribution in [3.8, 4) is 6.07 Å². The molecule has 2 aromatic heterocycles. The third kappa shape index (κ3) is 4.42. The summed E-state index contributed by atoms with van der Waals surface area (Å²) >= 11 is 0. The number of H-pyrrole nitrogens is 1. The van der Waals surface area contributed by atoms with E-state index in [1.165, 1.54) is 0 Å². The van der Waals surface area contributed by atoms with Crippen LogP contribution in [0.15, 0.2) is 34.7 Å². The van der Waals surface area contributed by atoms with Crippen molar-refractivity contribution in [1.29, 1.82) is 5.26 Å². The number of tetrazole rings is 1. The fourth-order valence-corrected chi connectivity index (χ4v) is 2.77. The van der Waals surface area contributed by atoms with Crippen LogP contribution in [0, 0.1) is 17.2 Å². The number of benzene rings is 1. The van der Waals surface area contributed by atoms with Gasteiger partial charge in [0.15, 0.2) is 5.82 Å². The number of hydrogen-bond donors (Lipinski definition) is 2. The second-order valence-electron chi connectivity index (χ2n) is 6.31. The molecule has 2 N–H and O–H groups in total. The number of aromatic nitrogens is 6. The maximum Gasteiger partial charge on any atom is 0.320 e. The van der Waals surface area contributed by atoms with Crippen molar-refractivity contribution >= 4 is 11.7 Å². The number of nitriles is 1. The summed E-state index contributed by atoms with van der Waals surface area (Å²) in [5.74, 6) is 0.969. The van der Waals surface area contributed by atoms with Gasteiger partial charge in [0.2, 0.25) is 5.89 Å². The van der Waals surface area contributed by atoms with Crippen LogP contribution in [0.4, 0.5) is 11.7 Å². The SMILES string of the molecule is CC(CC(C#N)CC(C)c1nnc(Nc2ccccc2)o1)c1nn[nH]n1. The van der Waals surface area contributed by atoms with Crippen molar-refractivity contribution in [1.82, 2.24) is 30.8 Å². The highest BCUT2D eigenvalue weighted by atomic mass is 16.4. The highest BCUT2D eigenvalue weighted by Crippen LogP contribution is 2.29. The van der Waals surface area contributed by atoms with E-state index in [-0.39, 0.29) is 17.8 Å². The minimum atomic E-state index is -0.170. The zero-order valence-corrected chi connectivity index (χ0v) is 14.6. The third-order valence-electron chi connectivity index (χ3n) is 4.15. The molecule has 0 aliphatic rings. The smallest absolute Gasteiger partial charge is 0.320 e. The van der Waals surface area contributed by atoms with E-state index in [1.54, 1.807) is 0 Å². The van der Waals surface area contributed by atoms with Crippen molar-refractivity contribution in [2.75, 3.05) is 5.32 Å². The van der Waals surface area contributed by atoms with Gasteiger partial charge < -0.3 is 9.73 Å². The van der Waals surface area contributed by atoms with E-state index >= 15 is 0 Å². The molecule has 0 bridgehead atoms. The van der Waals surface area contributed by atoms with Crippen LogP contribution < -0.4 is 5.32 Å². The molecule has 0 amide bonds. The van der Waals surface area contributed by atoms with Crippen LogP contribution >= 0.6 is 0 Å². The van der Waals surface area contributed by atoms with Gasteiger partial charge in [0.05, 0.1) is 6.07 Å². The molecular weight excluding hydrogens is 332 g/mol. The second-order valence-corrected chi connectivity index (χ2v) is 6.31. The van der Waals surface area contributed by atoms with E-state index in [4.69, 9.17) is 4.42 Å². The molecule has 134 valence electrons. The first kappa shape index (κ1) is 17.5. The summed E-state index contributed by atoms with van der Waals surface area (Å²) < 4.78 is 5.69. The number of anilines is 2. The molecule has 9 heteroatoms. The van der Waals surface area contributed by atoms with Crippen LogP contribution in [-0.2, 0) is 0 Å². The predicted molar refractivity (Wildman–Crippen MR) is 93.4 cm³/mol. The van der Waals surface area contributed by atoms with Crippen LogP contribution in [0.25, 0.3) is 0 Å². The van der Waals surface area contributed by atoms with Gasteiger partial charge in [-0.25, -0.2) is 0 Å². The Morgan fingerprint density at radius 3 is 2.58 bits per heavy atom. The van der Waals surface area contributed by atoms with Gasteiger partial charge in [0.1, 0.15) is 0 Å². The molecule has 1 aromatic carbocycles. The Labute approximate surface area is 150 Å². The lowest BCUT2D eigenvalue weighted by Gasteiger charge is -2.15. The number of nitrogens with one attached hydrogen (secondary N) is 2. The number of aromatic amines is 1. The first-order valence-electron chi connectivity index (χ1n) is 8.44. The largest absolute Gasteiger partial charge is 0.408 e. The fraction of sp³-hybridized carbons (Fsp3) is 0.412. The topological polar surface area (TPSA) is 129 Å². The van der Waals surface area contributed by atoms with Crippen LogP contribution in [0.3, 0.4) is 0 Å². The Bertz CT molecular complexity index is 839. The van der Waals surface area contributed by atoms with Gasteiger partial charge in [0.25, 0.3) is 0 Å². The van der Waals surface area contributed by atoms with Crippen molar-refractivity contribution in [2.24, 2.45) is 5.92 Å². The first-order chi connectivity index (χ1) is 12.7. The molecule has 0 aliphatic carbocycles. The maximum atomic E-state index is 9.48. The molecule has 3 unspecified atom stereocenters. The van der Waals surface area contributed by atoms with Crippen LogP contribution in [0.5, 0.6) is 0 Å². The second kappa shape index (κ2) is 8.20. The van der Waals surface area contributed by atoms with Crippen molar-refractivity contribution < 1.29 is 4.42 Å². The highest BCUT2D eigenvalue weighted by Gasteiger charge is 2.23. The van der Waals surface area contributed by atoms with Gasteiger partial charge in [-0.1, -0.05) is 42.4 Å². The minimum Gasteiger partial charge on any atom is -0.408 e. The lowest BCUT2D eigenvalue weighted by molar-refractivity contribution is 0.403. The average Bonchev–Trinajstić information content (AvgIpc) is 3.34. The molecule has 0 radical (unpaired) electrons. The molecule has 26 heavy (non-hydrogen) atoms. The van der Waals surface area contributed by atoms with Crippen molar-refractivity contribution in [2.45, 2.75) is 38.5 Å². The average molecular weight is 352 g/mol. The summed E-state index contributed by atoms with van der Waals surface area (Å²) in [6.45, 7) is 3.96. The van der Waals surface area contributed by atoms with Crippen LogP contribution in [0.1, 0.15) is 50.2 Å². The van der Waals surface area contributed by atoms with E-state index in [0.717, 1.165) is 5.69 Å². The Morgan fingerprint density at radius 1 is 1.12 bits per heavy atom. The van der Waals surface area contributed by atoms with Gasteiger partial charge >= 0.3 is 6.01 Å². The Kier molecular flexibility index (Phi) is 5.53. The van der Waals surface area contributed by atoms with Crippen LogP contribution in [0.2, 0.25) is 0 Å². The Balaban J connectivity index is 1.58. The molecule has 0 saturated heterocycles. The summed E-state index contributed by atoms with van der Waals surface area (Å²) in [6, 6.07) is 12.3. The lowest BCUT2D eigenvalue weighted by Crippen LogP contribution is -2.09. The summed E-state index contributed by atoms with van der Waals surface area (Å²) in [5.41, 5.74) is 0.874. The third-order valence-corrected chi connectivity index (χ3v) is 4.15. The molecule has 0 spiro atoms. The molecule has 0 aliphatic heterocycles. The zero-order chi connectivity index (χ0) is 18.4. The summed E-state index contributed by atoms with van der Waals surface area (Å²) in [6.07, 6.45) is 1.26. The maximum absolute atomic E-state index is 9.48. The molecule has 3 atom stereocenters. The van der Waals surface area contributed by atoms with Crippen molar-refractivity contribution in [3.05, 3.63) is 42.0 Å². The Morgan fingerprint density at radius 2 is 1.88 bits per heavy atom. The minimum absolute atomic E-state index is 0.0315. The van der Waals surface area contributed by atoms with E-state index in [0.29, 0.717) is 30.6 Å². The first-order valence-corrected chi connectivity index (χ1v) is 8.44. The number of para-hydroxylation sites is 1. The van der Waals surface area contributed by atoms with E-state index < -0.39 is 0 Å². The lowest BCUT2D eigenvalue weighted by atomic mass is 9.89. The molecule has 0 saturated carbocycles. The summed E-state index contributed by atoms with van der Waals surface area (Å²) in [5, 5.41) is 34.6. The van der Waals surface area contributed by atoms with Gasteiger partial charge in [-0.3, -0.25) is 0 Å². The zero-order valence-electron chi connectivity index (χ0n) is 14.6. The standard InChI is InChI=1S/C17H20N8O/c1-11(15-20-24-25-21-15)8-13(10-18)9-12(2)16-22-23-17(26-16)19-14-6-4-3-5-7-14/h3-7,11-13H,8-9H2,1-2H3,(H,19,23)(H,20,21,24,25). The summed E-state index contributed by atoms with van der Waals surface area (Å²) in [7, 11) is 0. The number of hydrogen-bond acceptors (Lipinski definition) is 8. The van der Waals surface area contributed by atoms with E-state index in [9.17, 15) is 5.26 Å². The van der Waals surface area contributed by atoms with Gasteiger partial charge in [-0.05, 0) is 25.0 Å². The molecule has 0 fully saturated rings. The van der Waals surface area contributed by atoms with Crippen LogP contribution in [-0.4, -0.2) is 30.8 Å². The summed E-state index contributed by atoms with van der Waals surface area (Å²) in [4.78, 5) is 0. The monoisotopic (exact) mass is 352 g/mol. The molecule has 3 aromatic rings. The van der Waals surface area contributed by atoms with E-state index in [1.807, 2.05) is 44.2 Å². The molecule has 2 heterocycles. The fourth-order valence-electron chi connectivity index (χ4n) is 2.77. The normalized spacial score (nSPS) is 14.3. The van der Waals surface area contributed by atoms with E-state index in [2.05, 4.69) is 42.2 Å². The molecule has 3 rings (SSSR count). The number of rotatable bonds is 8. The highest BCUT2D eigenvalue weighted by molar-refractivity contribution is 5.50. The van der Waals surface area contributed by atoms with Gasteiger partial charge in [-0.15, -0.1) is 15.3 Å². The van der Waals surface area contributed by atoms with Crippen molar-refractivity contribution in [3.63, 3.8) is 0 Å². The predicted octanol–water partition coefficient (Wildman–Crippen LogP) is 3.15. The van der Waals surface area contributed by atoms with Gasteiger partial charge in [0, 0.05) is 23.4 Å². The Hall–Kier alpha value is -3.28.